The van der Waals surface area contributed by atoms with Crippen molar-refractivity contribution in [3.8, 4) is 0 Å². The van der Waals surface area contributed by atoms with Crippen LogP contribution in [0.1, 0.15) is 57.5 Å². The zero-order chi connectivity index (χ0) is 13.3. The Morgan fingerprint density at radius 1 is 1.33 bits per heavy atom. The minimum atomic E-state index is -0.354. The quantitative estimate of drug-likeness (QED) is 0.895. The van der Waals surface area contributed by atoms with Gasteiger partial charge in [0.2, 0.25) is 0 Å². The minimum Gasteiger partial charge on any atom is -0.387 e. The Hall–Kier alpha value is -0.830. The molecule has 1 saturated carbocycles. The van der Waals surface area contributed by atoms with Gasteiger partial charge in [0.05, 0.1) is 17.5 Å². The van der Waals surface area contributed by atoms with Crippen LogP contribution in [0.5, 0.6) is 0 Å². The Kier molecular flexibility index (Phi) is 4.10. The van der Waals surface area contributed by atoms with Crippen LogP contribution in [0, 0.1) is 17.8 Å². The van der Waals surface area contributed by atoms with Gasteiger partial charge in [-0.15, -0.1) is 0 Å². The fourth-order valence-corrected chi connectivity index (χ4v) is 3.50. The van der Waals surface area contributed by atoms with Gasteiger partial charge in [-0.25, -0.2) is 0 Å². The first-order valence-corrected chi connectivity index (χ1v) is 7.22. The maximum atomic E-state index is 10.6. The van der Waals surface area contributed by atoms with Gasteiger partial charge in [-0.05, 0) is 49.5 Å². The van der Waals surface area contributed by atoms with E-state index in [0.717, 1.165) is 42.5 Å². The SMILES string of the molecule is CCc1cc(C(O)C2CC(C)CC(C)C2)n(C)n1. The minimum absolute atomic E-state index is 0.354. The second kappa shape index (κ2) is 5.43. The number of aliphatic hydroxyl groups excluding tert-OH is 1. The molecule has 102 valence electrons. The van der Waals surface area contributed by atoms with Crippen LogP contribution in [0.2, 0.25) is 0 Å². The van der Waals surface area contributed by atoms with E-state index in [4.69, 9.17) is 0 Å². The van der Waals surface area contributed by atoms with E-state index < -0.39 is 0 Å². The molecule has 0 radical (unpaired) electrons. The summed E-state index contributed by atoms with van der Waals surface area (Å²) in [5.74, 6) is 1.85. The highest BCUT2D eigenvalue weighted by atomic mass is 16.3. The molecule has 1 aromatic rings. The van der Waals surface area contributed by atoms with Crippen molar-refractivity contribution in [2.75, 3.05) is 0 Å². The van der Waals surface area contributed by atoms with Crippen molar-refractivity contribution < 1.29 is 5.11 Å². The molecule has 18 heavy (non-hydrogen) atoms. The normalized spacial score (nSPS) is 30.4. The first-order chi connectivity index (χ1) is 8.51. The number of nitrogens with zero attached hydrogens (tertiary/aromatic N) is 2. The van der Waals surface area contributed by atoms with Crippen molar-refractivity contribution in [2.45, 2.75) is 52.6 Å². The fraction of sp³-hybridized carbons (Fsp3) is 0.800. The topological polar surface area (TPSA) is 38.0 Å². The zero-order valence-electron chi connectivity index (χ0n) is 12.1. The van der Waals surface area contributed by atoms with Crippen molar-refractivity contribution in [3.63, 3.8) is 0 Å². The van der Waals surface area contributed by atoms with E-state index in [1.165, 1.54) is 6.42 Å². The number of hydrogen-bond donors (Lipinski definition) is 1. The highest BCUT2D eigenvalue weighted by molar-refractivity contribution is 5.13. The van der Waals surface area contributed by atoms with Crippen molar-refractivity contribution in [3.05, 3.63) is 17.5 Å². The first kappa shape index (κ1) is 13.6. The molecule has 0 spiro atoms. The lowest BCUT2D eigenvalue weighted by atomic mass is 9.74. The largest absolute Gasteiger partial charge is 0.387 e. The molecular weight excluding hydrogens is 224 g/mol. The van der Waals surface area contributed by atoms with E-state index in [0.29, 0.717) is 5.92 Å². The third-order valence-corrected chi connectivity index (χ3v) is 4.29. The Labute approximate surface area is 110 Å². The summed E-state index contributed by atoms with van der Waals surface area (Å²) < 4.78 is 1.85. The molecule has 0 saturated heterocycles. The summed E-state index contributed by atoms with van der Waals surface area (Å²) in [7, 11) is 1.94. The zero-order valence-corrected chi connectivity index (χ0v) is 12.1. The van der Waals surface area contributed by atoms with Crippen molar-refractivity contribution >= 4 is 0 Å². The molecule has 3 nitrogen and oxygen atoms in total. The molecule has 3 unspecified atom stereocenters. The van der Waals surface area contributed by atoms with Gasteiger partial charge in [0.1, 0.15) is 0 Å². The van der Waals surface area contributed by atoms with Crippen LogP contribution in [-0.2, 0) is 13.5 Å². The van der Waals surface area contributed by atoms with E-state index >= 15 is 0 Å². The van der Waals surface area contributed by atoms with Crippen LogP contribution in [0.3, 0.4) is 0 Å². The van der Waals surface area contributed by atoms with E-state index in [2.05, 4.69) is 31.9 Å². The summed E-state index contributed by atoms with van der Waals surface area (Å²) >= 11 is 0. The molecule has 1 aromatic heterocycles. The third kappa shape index (κ3) is 2.77. The van der Waals surface area contributed by atoms with Gasteiger partial charge >= 0.3 is 0 Å². The summed E-state index contributed by atoms with van der Waals surface area (Å²) in [6.07, 6.45) is 4.15. The number of hydrogen-bond acceptors (Lipinski definition) is 2. The van der Waals surface area contributed by atoms with E-state index in [9.17, 15) is 5.11 Å². The standard InChI is InChI=1S/C15H26N2O/c1-5-13-9-14(17(4)16-13)15(18)12-7-10(2)6-11(3)8-12/h9-12,15,18H,5-8H2,1-4H3. The summed E-state index contributed by atoms with van der Waals surface area (Å²) in [6.45, 7) is 6.70. The van der Waals surface area contributed by atoms with Crippen molar-refractivity contribution in [1.82, 2.24) is 9.78 Å². The second-order valence-corrected chi connectivity index (χ2v) is 6.16. The van der Waals surface area contributed by atoms with Crippen LogP contribution in [0.25, 0.3) is 0 Å². The Morgan fingerprint density at radius 2 is 1.94 bits per heavy atom. The van der Waals surface area contributed by atoms with E-state index in [-0.39, 0.29) is 6.10 Å². The highest BCUT2D eigenvalue weighted by Crippen LogP contribution is 2.39. The molecule has 0 aromatic carbocycles. The maximum Gasteiger partial charge on any atom is 0.0984 e. The molecule has 2 rings (SSSR count). The molecule has 1 heterocycles. The molecule has 3 atom stereocenters. The predicted molar refractivity (Wildman–Crippen MR) is 73.2 cm³/mol. The van der Waals surface area contributed by atoms with Crippen LogP contribution in [-0.4, -0.2) is 14.9 Å². The van der Waals surface area contributed by atoms with E-state index in [1.807, 2.05) is 11.7 Å². The van der Waals surface area contributed by atoms with Gasteiger partial charge in [0.15, 0.2) is 0 Å². The average Bonchev–Trinajstić information content (AvgIpc) is 2.68. The van der Waals surface area contributed by atoms with Gasteiger partial charge in [-0.1, -0.05) is 20.8 Å². The average molecular weight is 250 g/mol. The fourth-order valence-electron chi connectivity index (χ4n) is 3.50. The molecule has 0 amide bonds. The molecule has 1 N–H and O–H groups in total. The monoisotopic (exact) mass is 250 g/mol. The number of aryl methyl sites for hydroxylation is 2. The molecule has 0 bridgehead atoms. The van der Waals surface area contributed by atoms with Crippen LogP contribution in [0.15, 0.2) is 6.07 Å². The smallest absolute Gasteiger partial charge is 0.0984 e. The van der Waals surface area contributed by atoms with E-state index in [1.54, 1.807) is 0 Å². The van der Waals surface area contributed by atoms with Gasteiger partial charge in [-0.2, -0.15) is 5.10 Å². The van der Waals surface area contributed by atoms with Gasteiger partial charge in [-0.3, -0.25) is 4.68 Å². The van der Waals surface area contributed by atoms with Crippen LogP contribution >= 0.6 is 0 Å². The molecule has 1 aliphatic carbocycles. The second-order valence-electron chi connectivity index (χ2n) is 6.16. The van der Waals surface area contributed by atoms with Gasteiger partial charge < -0.3 is 5.11 Å². The third-order valence-electron chi connectivity index (χ3n) is 4.29. The van der Waals surface area contributed by atoms with Gasteiger partial charge in [0.25, 0.3) is 0 Å². The molecule has 1 aliphatic rings. The summed E-state index contributed by atoms with van der Waals surface area (Å²) in [5, 5.41) is 15.0. The highest BCUT2D eigenvalue weighted by Gasteiger charge is 2.31. The summed E-state index contributed by atoms with van der Waals surface area (Å²) in [4.78, 5) is 0. The number of aliphatic hydroxyl groups is 1. The molecule has 0 aliphatic heterocycles. The predicted octanol–water partition coefficient (Wildman–Crippen LogP) is 3.09. The van der Waals surface area contributed by atoms with Gasteiger partial charge in [0, 0.05) is 7.05 Å². The van der Waals surface area contributed by atoms with Crippen molar-refractivity contribution in [1.29, 1.82) is 0 Å². The Bertz CT molecular complexity index is 389. The molecule has 1 fully saturated rings. The lowest BCUT2D eigenvalue weighted by molar-refractivity contribution is 0.0495. The summed E-state index contributed by atoms with van der Waals surface area (Å²) in [5.41, 5.74) is 2.06. The van der Waals surface area contributed by atoms with Crippen molar-refractivity contribution in [2.24, 2.45) is 24.8 Å². The summed E-state index contributed by atoms with van der Waals surface area (Å²) in [6, 6.07) is 2.06. The molecular formula is C15H26N2O. The van der Waals surface area contributed by atoms with Crippen LogP contribution < -0.4 is 0 Å². The lowest BCUT2D eigenvalue weighted by Gasteiger charge is -2.34. The lowest BCUT2D eigenvalue weighted by Crippen LogP contribution is -2.25. The first-order valence-electron chi connectivity index (χ1n) is 7.22. The maximum absolute atomic E-state index is 10.6. The number of aromatic nitrogens is 2. The Balaban J connectivity index is 2.14. The number of rotatable bonds is 3. The Morgan fingerprint density at radius 3 is 2.44 bits per heavy atom. The molecule has 3 heteroatoms. The van der Waals surface area contributed by atoms with Crippen LogP contribution in [0.4, 0.5) is 0 Å².